The first-order chi connectivity index (χ1) is 8.60. The number of carbonyl (C=O) groups excluding carboxylic acids is 1. The summed E-state index contributed by atoms with van der Waals surface area (Å²) in [6, 6.07) is 3.13. The average Bonchev–Trinajstić information content (AvgIpc) is 2.28. The number of hydrogen-bond donors (Lipinski definition) is 4. The van der Waals surface area contributed by atoms with Gasteiger partial charge in [-0.3, -0.25) is 4.79 Å². The largest absolute Gasteiger partial charge is 0.357 e. The van der Waals surface area contributed by atoms with E-state index < -0.39 is 34.7 Å². The van der Waals surface area contributed by atoms with Crippen molar-refractivity contribution in [1.29, 1.82) is 0 Å². The SMILES string of the molecule is CC(C)C1C(=O)C(O)(O)C(O)(O)c2cc(F)ccc21. The van der Waals surface area contributed by atoms with Crippen molar-refractivity contribution in [3.63, 3.8) is 0 Å². The van der Waals surface area contributed by atoms with Crippen molar-refractivity contribution in [2.45, 2.75) is 31.3 Å². The third-order valence-corrected chi connectivity index (χ3v) is 3.50. The van der Waals surface area contributed by atoms with Crippen LogP contribution in [0.25, 0.3) is 0 Å². The van der Waals surface area contributed by atoms with Gasteiger partial charge in [-0.2, -0.15) is 0 Å². The van der Waals surface area contributed by atoms with E-state index in [1.807, 2.05) is 0 Å². The highest BCUT2D eigenvalue weighted by molar-refractivity contribution is 5.95. The van der Waals surface area contributed by atoms with Crippen molar-refractivity contribution in [3.8, 4) is 0 Å². The molecule has 4 N–H and O–H groups in total. The number of ketones is 1. The lowest BCUT2D eigenvalue weighted by atomic mass is 9.70. The Bertz CT molecular complexity index is 536. The van der Waals surface area contributed by atoms with Crippen LogP contribution in [0.4, 0.5) is 4.39 Å². The summed E-state index contributed by atoms with van der Waals surface area (Å²) in [4.78, 5) is 12.0. The average molecular weight is 270 g/mol. The van der Waals surface area contributed by atoms with E-state index in [0.29, 0.717) is 0 Å². The fourth-order valence-electron chi connectivity index (χ4n) is 2.48. The van der Waals surface area contributed by atoms with Crippen LogP contribution in [-0.4, -0.2) is 32.0 Å². The maximum absolute atomic E-state index is 13.2. The highest BCUT2D eigenvalue weighted by Gasteiger charge is 2.61. The number of rotatable bonds is 1. The molecule has 0 amide bonds. The second-order valence-corrected chi connectivity index (χ2v) is 5.16. The summed E-state index contributed by atoms with van der Waals surface area (Å²) in [6.07, 6.45) is 0. The van der Waals surface area contributed by atoms with Gasteiger partial charge in [0.25, 0.3) is 11.6 Å². The van der Waals surface area contributed by atoms with E-state index >= 15 is 0 Å². The molecule has 2 rings (SSSR count). The first-order valence-electron chi connectivity index (χ1n) is 5.84. The molecule has 0 bridgehead atoms. The molecule has 0 aromatic heterocycles. The zero-order chi connectivity index (χ0) is 14.6. The van der Waals surface area contributed by atoms with Crippen molar-refractivity contribution in [2.75, 3.05) is 0 Å². The molecule has 6 heteroatoms. The summed E-state index contributed by atoms with van der Waals surface area (Å²) in [6.45, 7) is 3.35. The Balaban J connectivity index is 2.77. The number of halogens is 1. The monoisotopic (exact) mass is 270 g/mol. The Kier molecular flexibility index (Phi) is 3.02. The maximum atomic E-state index is 13.2. The van der Waals surface area contributed by atoms with E-state index in [0.717, 1.165) is 12.1 Å². The van der Waals surface area contributed by atoms with Crippen LogP contribution in [-0.2, 0) is 10.6 Å². The summed E-state index contributed by atoms with van der Waals surface area (Å²) in [5.41, 5.74) is -0.221. The minimum Gasteiger partial charge on any atom is -0.357 e. The van der Waals surface area contributed by atoms with Crippen LogP contribution in [0.5, 0.6) is 0 Å². The minimum atomic E-state index is -3.37. The predicted molar refractivity (Wildman–Crippen MR) is 62.3 cm³/mol. The molecule has 0 saturated heterocycles. The quantitative estimate of drug-likeness (QED) is 0.537. The third-order valence-electron chi connectivity index (χ3n) is 3.50. The molecule has 0 heterocycles. The van der Waals surface area contributed by atoms with Gasteiger partial charge in [0, 0.05) is 5.56 Å². The van der Waals surface area contributed by atoms with Crippen molar-refractivity contribution in [1.82, 2.24) is 0 Å². The summed E-state index contributed by atoms with van der Waals surface area (Å²) in [7, 11) is 0. The van der Waals surface area contributed by atoms with Gasteiger partial charge in [-0.25, -0.2) is 4.39 Å². The molecule has 1 aliphatic rings. The molecule has 1 aliphatic carbocycles. The Morgan fingerprint density at radius 3 is 2.26 bits per heavy atom. The summed E-state index contributed by atoms with van der Waals surface area (Å²) >= 11 is 0. The topological polar surface area (TPSA) is 98.0 Å². The van der Waals surface area contributed by atoms with Gasteiger partial charge in [0.1, 0.15) is 5.82 Å². The molecule has 19 heavy (non-hydrogen) atoms. The van der Waals surface area contributed by atoms with Crippen LogP contribution < -0.4 is 0 Å². The van der Waals surface area contributed by atoms with E-state index in [-0.39, 0.29) is 11.5 Å². The molecular formula is C13H15FO5. The Morgan fingerprint density at radius 1 is 1.16 bits per heavy atom. The lowest BCUT2D eigenvalue weighted by Crippen LogP contribution is -2.62. The Morgan fingerprint density at radius 2 is 1.74 bits per heavy atom. The first-order valence-corrected chi connectivity index (χ1v) is 5.84. The highest BCUT2D eigenvalue weighted by atomic mass is 19.1. The number of carbonyl (C=O) groups is 1. The molecule has 5 nitrogen and oxygen atoms in total. The molecule has 0 saturated carbocycles. The van der Waals surface area contributed by atoms with Crippen molar-refractivity contribution in [3.05, 3.63) is 35.1 Å². The maximum Gasteiger partial charge on any atom is 0.285 e. The fourth-order valence-corrected chi connectivity index (χ4v) is 2.48. The standard InChI is InChI=1S/C13H15FO5/c1-6(2)10-8-4-3-7(14)5-9(8)12(16,17)13(18,19)11(10)15/h3-6,10,16-19H,1-2H3. The molecule has 0 radical (unpaired) electrons. The number of aliphatic hydroxyl groups is 4. The van der Waals surface area contributed by atoms with E-state index in [1.165, 1.54) is 6.07 Å². The van der Waals surface area contributed by atoms with Crippen LogP contribution in [0, 0.1) is 11.7 Å². The number of fused-ring (bicyclic) bond motifs is 1. The fraction of sp³-hybridized carbons (Fsp3) is 0.462. The van der Waals surface area contributed by atoms with Gasteiger partial charge in [0.15, 0.2) is 0 Å². The van der Waals surface area contributed by atoms with Gasteiger partial charge in [-0.05, 0) is 23.6 Å². The minimum absolute atomic E-state index is 0.185. The lowest BCUT2D eigenvalue weighted by Gasteiger charge is -2.43. The van der Waals surface area contributed by atoms with Crippen LogP contribution in [0.15, 0.2) is 18.2 Å². The van der Waals surface area contributed by atoms with Gasteiger partial charge in [0.2, 0.25) is 5.78 Å². The first kappa shape index (κ1) is 14.1. The van der Waals surface area contributed by atoms with Crippen LogP contribution in [0.2, 0.25) is 0 Å². The lowest BCUT2D eigenvalue weighted by molar-refractivity contribution is -0.349. The zero-order valence-corrected chi connectivity index (χ0v) is 10.5. The smallest absolute Gasteiger partial charge is 0.285 e. The van der Waals surface area contributed by atoms with Crippen molar-refractivity contribution < 1.29 is 29.6 Å². The normalized spacial score (nSPS) is 24.4. The van der Waals surface area contributed by atoms with Gasteiger partial charge in [-0.1, -0.05) is 19.9 Å². The summed E-state index contributed by atoms with van der Waals surface area (Å²) < 4.78 is 13.2. The molecule has 104 valence electrons. The number of benzene rings is 1. The second kappa shape index (κ2) is 4.08. The zero-order valence-electron chi connectivity index (χ0n) is 10.5. The van der Waals surface area contributed by atoms with E-state index in [1.54, 1.807) is 13.8 Å². The molecule has 0 fully saturated rings. The molecule has 0 aliphatic heterocycles. The van der Waals surface area contributed by atoms with Crippen molar-refractivity contribution in [2.24, 2.45) is 5.92 Å². The van der Waals surface area contributed by atoms with Gasteiger partial charge >= 0.3 is 0 Å². The van der Waals surface area contributed by atoms with Gasteiger partial charge in [-0.15, -0.1) is 0 Å². The number of hydrogen-bond acceptors (Lipinski definition) is 5. The van der Waals surface area contributed by atoms with Gasteiger partial charge in [0.05, 0.1) is 5.92 Å². The molecule has 1 aromatic carbocycles. The molecule has 1 aromatic rings. The van der Waals surface area contributed by atoms with Crippen molar-refractivity contribution >= 4 is 5.78 Å². The number of Topliss-reactive ketones (excluding diaryl/α,β-unsaturated/α-hetero) is 1. The Labute approximate surface area is 108 Å². The van der Waals surface area contributed by atoms with E-state index in [2.05, 4.69) is 0 Å². The van der Waals surface area contributed by atoms with Crippen LogP contribution in [0.1, 0.15) is 30.9 Å². The van der Waals surface area contributed by atoms with Crippen LogP contribution in [0.3, 0.4) is 0 Å². The molecule has 1 unspecified atom stereocenters. The van der Waals surface area contributed by atoms with E-state index in [9.17, 15) is 29.6 Å². The summed E-state index contributed by atoms with van der Waals surface area (Å²) in [5, 5.41) is 39.1. The van der Waals surface area contributed by atoms with Crippen LogP contribution >= 0.6 is 0 Å². The second-order valence-electron chi connectivity index (χ2n) is 5.16. The Hall–Kier alpha value is -1.34. The molecular weight excluding hydrogens is 255 g/mol. The molecule has 1 atom stereocenters. The van der Waals surface area contributed by atoms with E-state index in [4.69, 9.17) is 0 Å². The molecule has 0 spiro atoms. The predicted octanol–water partition coefficient (Wildman–Crippen LogP) is -0.0337. The van der Waals surface area contributed by atoms with Gasteiger partial charge < -0.3 is 20.4 Å². The third kappa shape index (κ3) is 1.80. The summed E-state index contributed by atoms with van der Waals surface area (Å²) in [5.74, 6) is -9.76. The highest BCUT2D eigenvalue weighted by Crippen LogP contribution is 2.45.